The lowest BCUT2D eigenvalue weighted by Gasteiger charge is -2.21. The summed E-state index contributed by atoms with van der Waals surface area (Å²) in [6.07, 6.45) is 0.726. The second-order valence-electron chi connectivity index (χ2n) is 7.25. The normalized spacial score (nSPS) is 13.0. The maximum atomic E-state index is 12.6. The van der Waals surface area contributed by atoms with Gasteiger partial charge in [0.05, 0.1) is 13.1 Å². The van der Waals surface area contributed by atoms with E-state index in [1.54, 1.807) is 0 Å². The molecule has 2 amide bonds. The van der Waals surface area contributed by atoms with Crippen molar-refractivity contribution in [2.45, 2.75) is 32.4 Å². The Bertz CT molecular complexity index is 717. The van der Waals surface area contributed by atoms with E-state index in [0.717, 1.165) is 16.9 Å². The predicted octanol–water partition coefficient (Wildman–Crippen LogP) is 1.13. The van der Waals surface area contributed by atoms with Gasteiger partial charge in [-0.05, 0) is 31.4 Å². The minimum absolute atomic E-state index is 0.0424. The molecular formula is C22H30N3O2+. The zero-order chi connectivity index (χ0) is 19.6. The van der Waals surface area contributed by atoms with Gasteiger partial charge in [-0.3, -0.25) is 9.59 Å². The molecule has 2 rings (SSSR count). The summed E-state index contributed by atoms with van der Waals surface area (Å²) >= 11 is 0. The quantitative estimate of drug-likeness (QED) is 0.621. The SMILES string of the molecule is CC(C)NC(=O)C[NH+](C)CC(=O)N[C@@H](Cc1ccccc1)c1ccccc1. The number of carbonyl (C=O) groups excluding carboxylic acids is 2. The molecule has 144 valence electrons. The number of hydrogen-bond acceptors (Lipinski definition) is 2. The first-order valence-corrected chi connectivity index (χ1v) is 9.43. The van der Waals surface area contributed by atoms with Gasteiger partial charge in [-0.1, -0.05) is 60.7 Å². The third kappa shape index (κ3) is 7.62. The van der Waals surface area contributed by atoms with Crippen molar-refractivity contribution in [2.24, 2.45) is 0 Å². The molecule has 0 radical (unpaired) electrons. The monoisotopic (exact) mass is 368 g/mol. The molecule has 5 nitrogen and oxygen atoms in total. The van der Waals surface area contributed by atoms with Crippen LogP contribution in [0.4, 0.5) is 0 Å². The van der Waals surface area contributed by atoms with Gasteiger partial charge < -0.3 is 15.5 Å². The molecule has 0 aromatic heterocycles. The Morgan fingerprint density at radius 1 is 0.852 bits per heavy atom. The molecule has 3 N–H and O–H groups in total. The summed E-state index contributed by atoms with van der Waals surface area (Å²) in [5, 5.41) is 5.99. The topological polar surface area (TPSA) is 62.6 Å². The predicted molar refractivity (Wildman–Crippen MR) is 107 cm³/mol. The number of likely N-dealkylation sites (N-methyl/N-ethyl adjacent to an activating group) is 1. The highest BCUT2D eigenvalue weighted by atomic mass is 16.2. The van der Waals surface area contributed by atoms with Crippen molar-refractivity contribution in [3.05, 3.63) is 71.8 Å². The van der Waals surface area contributed by atoms with Gasteiger partial charge in [0.25, 0.3) is 11.8 Å². The molecule has 0 aliphatic heterocycles. The van der Waals surface area contributed by atoms with Crippen molar-refractivity contribution >= 4 is 11.8 Å². The fourth-order valence-corrected chi connectivity index (χ4v) is 3.02. The van der Waals surface area contributed by atoms with Gasteiger partial charge in [-0.25, -0.2) is 0 Å². The molecule has 0 fully saturated rings. The summed E-state index contributed by atoms with van der Waals surface area (Å²) in [7, 11) is 1.86. The zero-order valence-corrected chi connectivity index (χ0v) is 16.4. The number of benzene rings is 2. The van der Waals surface area contributed by atoms with Crippen LogP contribution in [0.5, 0.6) is 0 Å². The second kappa shape index (κ2) is 10.5. The summed E-state index contributed by atoms with van der Waals surface area (Å²) in [5.74, 6) is -0.103. The molecule has 0 aliphatic rings. The summed E-state index contributed by atoms with van der Waals surface area (Å²) < 4.78 is 0. The Kier molecular flexibility index (Phi) is 8.01. The fraction of sp³-hybridized carbons (Fsp3) is 0.364. The zero-order valence-electron chi connectivity index (χ0n) is 16.4. The lowest BCUT2D eigenvalue weighted by molar-refractivity contribution is -0.862. The molecule has 2 atom stereocenters. The molecule has 27 heavy (non-hydrogen) atoms. The minimum atomic E-state index is -0.0987. The van der Waals surface area contributed by atoms with Crippen LogP contribution in [-0.2, 0) is 16.0 Å². The van der Waals surface area contributed by atoms with Crippen molar-refractivity contribution in [3.63, 3.8) is 0 Å². The largest absolute Gasteiger partial charge is 0.349 e. The van der Waals surface area contributed by atoms with Crippen LogP contribution >= 0.6 is 0 Å². The van der Waals surface area contributed by atoms with Gasteiger partial charge in [-0.15, -0.1) is 0 Å². The Balaban J connectivity index is 1.98. The summed E-state index contributed by atoms with van der Waals surface area (Å²) in [5.41, 5.74) is 2.24. The molecule has 0 heterocycles. The molecule has 1 unspecified atom stereocenters. The van der Waals surface area contributed by atoms with Crippen LogP contribution in [0.2, 0.25) is 0 Å². The average Bonchev–Trinajstić information content (AvgIpc) is 2.61. The molecule has 2 aromatic rings. The minimum Gasteiger partial charge on any atom is -0.349 e. The Labute approximate surface area is 161 Å². The number of hydrogen-bond donors (Lipinski definition) is 3. The standard InChI is InChI=1S/C22H29N3O2/c1-17(2)23-21(26)15-25(3)16-22(27)24-20(19-12-8-5-9-13-19)14-18-10-6-4-7-11-18/h4-13,17,20H,14-16H2,1-3H3,(H,23,26)(H,24,27)/p+1/t20-/m0/s1. The van der Waals surface area contributed by atoms with E-state index < -0.39 is 0 Å². The number of quaternary nitrogens is 1. The van der Waals surface area contributed by atoms with Crippen LogP contribution in [0.3, 0.4) is 0 Å². The van der Waals surface area contributed by atoms with Gasteiger partial charge >= 0.3 is 0 Å². The lowest BCUT2D eigenvalue weighted by atomic mass is 9.99. The number of rotatable bonds is 9. The first kappa shape index (κ1) is 20.6. The van der Waals surface area contributed by atoms with E-state index in [2.05, 4.69) is 22.8 Å². The van der Waals surface area contributed by atoms with Crippen LogP contribution in [0.15, 0.2) is 60.7 Å². The molecule has 5 heteroatoms. The maximum absolute atomic E-state index is 12.6. The van der Waals surface area contributed by atoms with Crippen molar-refractivity contribution in [1.82, 2.24) is 10.6 Å². The Hall–Kier alpha value is -2.66. The van der Waals surface area contributed by atoms with E-state index >= 15 is 0 Å². The highest BCUT2D eigenvalue weighted by Crippen LogP contribution is 2.18. The molecule has 0 spiro atoms. The summed E-state index contributed by atoms with van der Waals surface area (Å²) in [6, 6.07) is 20.1. The van der Waals surface area contributed by atoms with Crippen molar-refractivity contribution in [2.75, 3.05) is 20.1 Å². The van der Waals surface area contributed by atoms with Crippen LogP contribution < -0.4 is 15.5 Å². The van der Waals surface area contributed by atoms with Crippen molar-refractivity contribution in [1.29, 1.82) is 0 Å². The average molecular weight is 369 g/mol. The molecule has 2 aromatic carbocycles. The van der Waals surface area contributed by atoms with E-state index in [-0.39, 0.29) is 37.0 Å². The maximum Gasteiger partial charge on any atom is 0.275 e. The Morgan fingerprint density at radius 3 is 1.93 bits per heavy atom. The third-order valence-electron chi connectivity index (χ3n) is 4.19. The van der Waals surface area contributed by atoms with Gasteiger partial charge in [0.1, 0.15) is 0 Å². The molecule has 0 saturated carbocycles. The number of nitrogens with one attached hydrogen (secondary N) is 3. The number of carbonyl (C=O) groups is 2. The van der Waals surface area contributed by atoms with Crippen LogP contribution in [0, 0.1) is 0 Å². The molecule has 0 saturated heterocycles. The number of amides is 2. The highest BCUT2D eigenvalue weighted by molar-refractivity contribution is 5.79. The van der Waals surface area contributed by atoms with E-state index in [4.69, 9.17) is 0 Å². The van der Waals surface area contributed by atoms with E-state index in [1.807, 2.05) is 69.4 Å². The van der Waals surface area contributed by atoms with Gasteiger partial charge in [-0.2, -0.15) is 0 Å². The second-order valence-corrected chi connectivity index (χ2v) is 7.25. The Morgan fingerprint density at radius 2 is 1.37 bits per heavy atom. The van der Waals surface area contributed by atoms with Gasteiger partial charge in [0.2, 0.25) is 0 Å². The van der Waals surface area contributed by atoms with Crippen LogP contribution in [-0.4, -0.2) is 38.0 Å². The van der Waals surface area contributed by atoms with Gasteiger partial charge in [0, 0.05) is 6.04 Å². The molecular weight excluding hydrogens is 338 g/mol. The van der Waals surface area contributed by atoms with Crippen LogP contribution in [0.25, 0.3) is 0 Å². The first-order chi connectivity index (χ1) is 12.9. The summed E-state index contributed by atoms with van der Waals surface area (Å²) in [6.45, 7) is 4.38. The molecule has 0 bridgehead atoms. The third-order valence-corrected chi connectivity index (χ3v) is 4.19. The van der Waals surface area contributed by atoms with E-state index in [1.165, 1.54) is 5.56 Å². The van der Waals surface area contributed by atoms with Crippen LogP contribution in [0.1, 0.15) is 31.0 Å². The fourth-order valence-electron chi connectivity index (χ4n) is 3.02. The van der Waals surface area contributed by atoms with E-state index in [9.17, 15) is 9.59 Å². The smallest absolute Gasteiger partial charge is 0.275 e. The first-order valence-electron chi connectivity index (χ1n) is 9.43. The lowest BCUT2D eigenvalue weighted by Crippen LogP contribution is -3.11. The van der Waals surface area contributed by atoms with Crippen molar-refractivity contribution in [3.8, 4) is 0 Å². The van der Waals surface area contributed by atoms with E-state index in [0.29, 0.717) is 0 Å². The van der Waals surface area contributed by atoms with Crippen molar-refractivity contribution < 1.29 is 14.5 Å². The van der Waals surface area contributed by atoms with Gasteiger partial charge in [0.15, 0.2) is 13.1 Å². The molecule has 0 aliphatic carbocycles. The summed E-state index contributed by atoms with van der Waals surface area (Å²) in [4.78, 5) is 25.3. The highest BCUT2D eigenvalue weighted by Gasteiger charge is 2.19.